The van der Waals surface area contributed by atoms with E-state index in [0.717, 1.165) is 6.29 Å². The van der Waals surface area contributed by atoms with E-state index in [4.69, 9.17) is 0 Å². The summed E-state index contributed by atoms with van der Waals surface area (Å²) in [6, 6.07) is 0. The Balaban J connectivity index is 0. The zero-order valence-electron chi connectivity index (χ0n) is 6.13. The molecule has 56 valence electrons. The third-order valence-electron chi connectivity index (χ3n) is 1.09. The summed E-state index contributed by atoms with van der Waals surface area (Å²) in [5.74, 6) is -0.449. The summed E-state index contributed by atoms with van der Waals surface area (Å²) in [5, 5.41) is 3.41. The molecule has 0 saturated carbocycles. The van der Waals surface area contributed by atoms with Gasteiger partial charge in [0.2, 0.25) is 0 Å². The van der Waals surface area contributed by atoms with Crippen molar-refractivity contribution in [1.29, 1.82) is 0 Å². The van der Waals surface area contributed by atoms with Gasteiger partial charge >= 0.3 is 0 Å². The minimum atomic E-state index is -0.243. The molecule has 4 heteroatoms. The van der Waals surface area contributed by atoms with Gasteiger partial charge in [0.25, 0.3) is 0 Å². The smallest absolute Gasteiger partial charge is 0.120 e. The van der Waals surface area contributed by atoms with Crippen molar-refractivity contribution in [1.82, 2.24) is 0 Å². The zero-order valence-corrected chi connectivity index (χ0v) is 9.27. The molecule has 1 amide bonds. The number of rotatable bonds is 3. The van der Waals surface area contributed by atoms with E-state index in [1.54, 1.807) is 6.92 Å². The van der Waals surface area contributed by atoms with Gasteiger partial charge < -0.3 is 14.9 Å². The van der Waals surface area contributed by atoms with Gasteiger partial charge in [-0.1, -0.05) is 6.92 Å². The van der Waals surface area contributed by atoms with Crippen molar-refractivity contribution in [2.45, 2.75) is 13.3 Å². The molecule has 0 aliphatic carbocycles. The number of carbonyl (C=O) groups excluding carboxylic acids is 2. The van der Waals surface area contributed by atoms with Crippen molar-refractivity contribution in [2.24, 2.45) is 5.92 Å². The zero-order chi connectivity index (χ0) is 7.28. The number of hydrogen-bond donors (Lipinski definition) is 0. The Labute approximate surface area is 94.3 Å². The number of nitrogens with zero attached hydrogens (tertiary/aromatic N) is 1. The number of carbonyl (C=O) groups is 2. The number of amides is 1. The van der Waals surface area contributed by atoms with Crippen LogP contribution in [0.15, 0.2) is 0 Å². The summed E-state index contributed by atoms with van der Waals surface area (Å²) < 4.78 is 0. The summed E-state index contributed by atoms with van der Waals surface area (Å²) in [6.45, 7) is 1.68. The quantitative estimate of drug-likeness (QED) is 0.709. The summed E-state index contributed by atoms with van der Waals surface area (Å²) in [6.07, 6.45) is 1.00. The van der Waals surface area contributed by atoms with Crippen molar-refractivity contribution in [3.8, 4) is 0 Å². The van der Waals surface area contributed by atoms with Crippen LogP contribution >= 0.6 is 0 Å². The molecule has 0 spiro atoms. The topological polar surface area (TPSA) is 48.2 Å². The molecule has 1 unspecified atom stereocenters. The van der Waals surface area contributed by atoms with Crippen molar-refractivity contribution < 1.29 is 51.3 Å². The normalized spacial score (nSPS) is 11.0. The molecule has 0 aromatic rings. The van der Waals surface area contributed by atoms with Crippen LogP contribution in [0.4, 0.5) is 0 Å². The fourth-order valence-corrected chi connectivity index (χ4v) is 0.466. The third-order valence-corrected chi connectivity index (χ3v) is 1.09. The second kappa shape index (κ2) is 7.62. The number of aldehydes is 1. The average Bonchev–Trinajstić information content (AvgIpc) is 1.87. The molecular formula is C6H10CeNO2-. The first-order chi connectivity index (χ1) is 4.22. The maximum atomic E-state index is 10.6. The largest absolute Gasteiger partial charge is 0.656 e. The maximum absolute atomic E-state index is 10.6. The van der Waals surface area contributed by atoms with Gasteiger partial charge in [-0.05, 0) is 0 Å². The van der Waals surface area contributed by atoms with Crippen LogP contribution in [0.1, 0.15) is 13.3 Å². The van der Waals surface area contributed by atoms with E-state index in [0.29, 0.717) is 0 Å². The summed E-state index contributed by atoms with van der Waals surface area (Å²) in [4.78, 5) is 20.4. The Morgan fingerprint density at radius 2 is 2.20 bits per heavy atom. The second-order valence-electron chi connectivity index (χ2n) is 1.87. The van der Waals surface area contributed by atoms with Crippen LogP contribution in [0.3, 0.4) is 0 Å². The van der Waals surface area contributed by atoms with Crippen molar-refractivity contribution in [3.63, 3.8) is 0 Å². The summed E-state index contributed by atoms with van der Waals surface area (Å²) in [5.41, 5.74) is 0. The molecule has 0 aromatic carbocycles. The Hall–Kier alpha value is 0.517. The molecule has 10 heavy (non-hydrogen) atoms. The van der Waals surface area contributed by atoms with Crippen LogP contribution in [0.25, 0.3) is 5.32 Å². The molecule has 3 nitrogen and oxygen atoms in total. The van der Waals surface area contributed by atoms with E-state index in [-0.39, 0.29) is 60.0 Å². The van der Waals surface area contributed by atoms with Crippen LogP contribution in [-0.4, -0.2) is 19.2 Å². The van der Waals surface area contributed by atoms with Crippen LogP contribution < -0.4 is 0 Å². The van der Waals surface area contributed by atoms with Gasteiger partial charge in [0.15, 0.2) is 0 Å². The maximum Gasteiger partial charge on any atom is 0.120 e. The standard InChI is InChI=1S/C6H11NO2.Ce/c1-5(3-4-8)6(9)7-2;/h4-5H,3H2,1-2H3,(H,7,9);/p-1. The Morgan fingerprint density at radius 1 is 1.70 bits per heavy atom. The van der Waals surface area contributed by atoms with E-state index >= 15 is 0 Å². The number of hydrogen-bond acceptors (Lipinski definition) is 2. The monoisotopic (exact) mass is 268 g/mol. The Morgan fingerprint density at radius 3 is 2.50 bits per heavy atom. The first kappa shape index (κ1) is 13.1. The van der Waals surface area contributed by atoms with E-state index in [2.05, 4.69) is 5.32 Å². The van der Waals surface area contributed by atoms with E-state index in [9.17, 15) is 9.59 Å². The van der Waals surface area contributed by atoms with Crippen LogP contribution in [0.2, 0.25) is 0 Å². The molecule has 0 heterocycles. The van der Waals surface area contributed by atoms with Crippen molar-refractivity contribution in [2.75, 3.05) is 7.05 Å². The predicted molar refractivity (Wildman–Crippen MR) is 34.1 cm³/mol. The van der Waals surface area contributed by atoms with Gasteiger partial charge in [-0.2, -0.15) is 0 Å². The van der Waals surface area contributed by atoms with E-state index in [1.165, 1.54) is 7.05 Å². The van der Waals surface area contributed by atoms with Gasteiger partial charge in [0.05, 0.1) is 5.91 Å². The second-order valence-corrected chi connectivity index (χ2v) is 1.87. The third kappa shape index (κ3) is 5.31. The SMILES string of the molecule is C[N-]C(=O)C(C)CC=O.[Ce]. The van der Waals surface area contributed by atoms with Crippen molar-refractivity contribution >= 4 is 12.2 Å². The Kier molecular flexibility index (Phi) is 10.0. The van der Waals surface area contributed by atoms with Gasteiger partial charge in [0, 0.05) is 54.1 Å². The molecular weight excluding hydrogens is 258 g/mol. The van der Waals surface area contributed by atoms with Crippen molar-refractivity contribution in [3.05, 3.63) is 5.32 Å². The minimum Gasteiger partial charge on any atom is -0.656 e. The van der Waals surface area contributed by atoms with Gasteiger partial charge in [-0.25, -0.2) is 0 Å². The fraction of sp³-hybridized carbons (Fsp3) is 0.667. The average molecular weight is 268 g/mol. The predicted octanol–water partition coefficient (Wildman–Crippen LogP) is 0.742. The molecule has 0 aliphatic heterocycles. The van der Waals surface area contributed by atoms with Gasteiger partial charge in [-0.15, -0.1) is 7.05 Å². The molecule has 0 N–H and O–H groups in total. The molecule has 0 radical (unpaired) electrons. The molecule has 0 aliphatic rings. The van der Waals surface area contributed by atoms with Crippen LogP contribution in [0.5, 0.6) is 0 Å². The molecule has 0 rings (SSSR count). The molecule has 1 atom stereocenters. The van der Waals surface area contributed by atoms with E-state index < -0.39 is 0 Å². The first-order valence-electron chi connectivity index (χ1n) is 2.79. The molecule has 0 bridgehead atoms. The van der Waals surface area contributed by atoms with Gasteiger partial charge in [-0.3, -0.25) is 0 Å². The summed E-state index contributed by atoms with van der Waals surface area (Å²) >= 11 is 0. The van der Waals surface area contributed by atoms with E-state index in [1.807, 2.05) is 0 Å². The first-order valence-corrected chi connectivity index (χ1v) is 2.79. The molecule has 0 saturated heterocycles. The Bertz CT molecular complexity index is 116. The molecule has 0 fully saturated rings. The summed E-state index contributed by atoms with van der Waals surface area (Å²) in [7, 11) is 1.43. The van der Waals surface area contributed by atoms with Crippen LogP contribution in [-0.2, 0) is 9.59 Å². The molecule has 0 aromatic heterocycles. The van der Waals surface area contributed by atoms with Crippen LogP contribution in [0, 0.1) is 47.7 Å². The fourth-order valence-electron chi connectivity index (χ4n) is 0.466. The van der Waals surface area contributed by atoms with Gasteiger partial charge in [0.1, 0.15) is 6.29 Å². The minimum absolute atomic E-state index is 0.